The predicted octanol–water partition coefficient (Wildman–Crippen LogP) is 0.747. The maximum atomic E-state index is 12.8. The molecule has 2 fully saturated rings. The Labute approximate surface area is 138 Å². The number of likely N-dealkylation sites (tertiary alicyclic amines) is 1. The summed E-state index contributed by atoms with van der Waals surface area (Å²) in [4.78, 5) is 38.4. The van der Waals surface area contributed by atoms with Gasteiger partial charge in [-0.05, 0) is 37.1 Å². The summed E-state index contributed by atoms with van der Waals surface area (Å²) in [5, 5.41) is 2.50. The van der Waals surface area contributed by atoms with Gasteiger partial charge < -0.3 is 15.0 Å². The van der Waals surface area contributed by atoms with Crippen molar-refractivity contribution in [2.45, 2.75) is 18.9 Å². The first-order valence-electron chi connectivity index (χ1n) is 7.80. The first-order chi connectivity index (χ1) is 11.5. The summed E-state index contributed by atoms with van der Waals surface area (Å²) in [5.41, 5.74) is 0. The summed E-state index contributed by atoms with van der Waals surface area (Å²) in [7, 11) is 0. The highest BCUT2D eigenvalue weighted by Gasteiger charge is 2.37. The highest BCUT2D eigenvalue weighted by molar-refractivity contribution is 6.02. The lowest BCUT2D eigenvalue weighted by molar-refractivity contribution is -0.135. The van der Waals surface area contributed by atoms with Gasteiger partial charge in [-0.15, -0.1) is 0 Å². The average molecular weight is 335 g/mol. The zero-order valence-corrected chi connectivity index (χ0v) is 13.0. The van der Waals surface area contributed by atoms with E-state index in [0.717, 1.165) is 0 Å². The van der Waals surface area contributed by atoms with E-state index < -0.39 is 0 Å². The number of imide groups is 1. The number of rotatable bonds is 4. The van der Waals surface area contributed by atoms with Gasteiger partial charge >= 0.3 is 6.03 Å². The number of hydrogen-bond acceptors (Lipinski definition) is 4. The van der Waals surface area contributed by atoms with Crippen molar-refractivity contribution in [2.24, 2.45) is 0 Å². The van der Waals surface area contributed by atoms with Crippen LogP contribution >= 0.6 is 0 Å². The Kier molecular flexibility index (Phi) is 4.64. The van der Waals surface area contributed by atoms with Crippen LogP contribution in [0.25, 0.3) is 0 Å². The Morgan fingerprint density at radius 3 is 2.46 bits per heavy atom. The summed E-state index contributed by atoms with van der Waals surface area (Å²) in [6.45, 7) is 0.851. The molecule has 0 aromatic heterocycles. The quantitative estimate of drug-likeness (QED) is 0.824. The molecule has 2 heterocycles. The average Bonchev–Trinajstić information content (AvgIpc) is 2.93. The van der Waals surface area contributed by atoms with E-state index in [0.29, 0.717) is 31.7 Å². The summed E-state index contributed by atoms with van der Waals surface area (Å²) in [6.07, 6.45) is 1.11. The minimum Gasteiger partial charge on any atom is -0.484 e. The van der Waals surface area contributed by atoms with Gasteiger partial charge in [0.15, 0.2) is 6.61 Å². The SMILES string of the molecule is O=C(COc1ccc(F)cc1)N1CCC(N2C(=O)CNC2=O)CC1. The molecule has 24 heavy (non-hydrogen) atoms. The number of piperidine rings is 1. The molecule has 1 aromatic rings. The molecule has 0 atom stereocenters. The third-order valence-electron chi connectivity index (χ3n) is 4.24. The second-order valence-corrected chi connectivity index (χ2v) is 5.78. The van der Waals surface area contributed by atoms with Crippen molar-refractivity contribution in [1.29, 1.82) is 0 Å². The molecular formula is C16H18FN3O4. The van der Waals surface area contributed by atoms with Gasteiger partial charge in [-0.3, -0.25) is 14.5 Å². The molecule has 4 amide bonds. The van der Waals surface area contributed by atoms with Crippen molar-refractivity contribution in [1.82, 2.24) is 15.1 Å². The number of carbonyl (C=O) groups excluding carboxylic acids is 3. The number of halogens is 1. The van der Waals surface area contributed by atoms with Gasteiger partial charge in [0, 0.05) is 19.1 Å². The third-order valence-corrected chi connectivity index (χ3v) is 4.24. The fraction of sp³-hybridized carbons (Fsp3) is 0.438. The van der Waals surface area contributed by atoms with Crippen LogP contribution < -0.4 is 10.1 Å². The topological polar surface area (TPSA) is 79.0 Å². The summed E-state index contributed by atoms with van der Waals surface area (Å²) in [5.74, 6) is -0.324. The molecule has 0 saturated carbocycles. The normalized spacial score (nSPS) is 18.7. The number of amides is 4. The van der Waals surface area contributed by atoms with Crippen LogP contribution in [0.5, 0.6) is 5.75 Å². The van der Waals surface area contributed by atoms with Crippen LogP contribution in [0.15, 0.2) is 24.3 Å². The van der Waals surface area contributed by atoms with Crippen molar-refractivity contribution in [3.8, 4) is 5.75 Å². The molecule has 8 heteroatoms. The molecule has 3 rings (SSSR count). The van der Waals surface area contributed by atoms with Crippen LogP contribution in [0.4, 0.5) is 9.18 Å². The minimum absolute atomic E-state index is 0.0451. The largest absolute Gasteiger partial charge is 0.484 e. The van der Waals surface area contributed by atoms with E-state index in [4.69, 9.17) is 4.74 Å². The Balaban J connectivity index is 1.47. The van der Waals surface area contributed by atoms with Crippen LogP contribution in [-0.2, 0) is 9.59 Å². The van der Waals surface area contributed by atoms with Gasteiger partial charge in [0.2, 0.25) is 5.91 Å². The molecular weight excluding hydrogens is 317 g/mol. The van der Waals surface area contributed by atoms with Crippen LogP contribution in [0.2, 0.25) is 0 Å². The van der Waals surface area contributed by atoms with E-state index in [2.05, 4.69) is 5.32 Å². The fourth-order valence-electron chi connectivity index (χ4n) is 2.94. The molecule has 128 valence electrons. The molecule has 0 unspecified atom stereocenters. The number of benzene rings is 1. The number of ether oxygens (including phenoxy) is 1. The van der Waals surface area contributed by atoms with Crippen LogP contribution in [-0.4, -0.2) is 59.9 Å². The first kappa shape index (κ1) is 16.2. The van der Waals surface area contributed by atoms with E-state index in [1.807, 2.05) is 0 Å². The molecule has 2 aliphatic heterocycles. The molecule has 0 bridgehead atoms. The molecule has 7 nitrogen and oxygen atoms in total. The standard InChI is InChI=1S/C16H18FN3O4/c17-11-1-3-13(4-2-11)24-10-15(22)19-7-5-12(6-8-19)20-14(21)9-18-16(20)23/h1-4,12H,5-10H2,(H,18,23). The molecule has 0 radical (unpaired) electrons. The summed E-state index contributed by atoms with van der Waals surface area (Å²) in [6, 6.07) is 4.94. The van der Waals surface area contributed by atoms with Crippen LogP contribution in [0.1, 0.15) is 12.8 Å². The number of urea groups is 1. The Hall–Kier alpha value is -2.64. The van der Waals surface area contributed by atoms with Crippen LogP contribution in [0, 0.1) is 5.82 Å². The molecule has 1 N–H and O–H groups in total. The lowest BCUT2D eigenvalue weighted by Crippen LogP contribution is -2.49. The van der Waals surface area contributed by atoms with E-state index >= 15 is 0 Å². The molecule has 2 saturated heterocycles. The van der Waals surface area contributed by atoms with E-state index in [9.17, 15) is 18.8 Å². The van der Waals surface area contributed by atoms with Crippen molar-refractivity contribution >= 4 is 17.8 Å². The van der Waals surface area contributed by atoms with Gasteiger partial charge in [0.25, 0.3) is 5.91 Å². The van der Waals surface area contributed by atoms with E-state index in [-0.39, 0.29) is 42.9 Å². The smallest absolute Gasteiger partial charge is 0.324 e. The Bertz CT molecular complexity index is 625. The van der Waals surface area contributed by atoms with Gasteiger partial charge in [0.1, 0.15) is 11.6 Å². The highest BCUT2D eigenvalue weighted by atomic mass is 19.1. The van der Waals surface area contributed by atoms with Crippen LogP contribution in [0.3, 0.4) is 0 Å². The molecule has 0 aliphatic carbocycles. The number of hydrogen-bond donors (Lipinski definition) is 1. The maximum Gasteiger partial charge on any atom is 0.324 e. The van der Waals surface area contributed by atoms with Crippen molar-refractivity contribution in [2.75, 3.05) is 26.2 Å². The monoisotopic (exact) mass is 335 g/mol. The summed E-state index contributed by atoms with van der Waals surface area (Å²) < 4.78 is 18.2. The number of carbonyl (C=O) groups is 3. The van der Waals surface area contributed by atoms with E-state index in [1.165, 1.54) is 29.2 Å². The number of nitrogens with one attached hydrogen (secondary N) is 1. The highest BCUT2D eigenvalue weighted by Crippen LogP contribution is 2.19. The van der Waals surface area contributed by atoms with Gasteiger partial charge in [-0.1, -0.05) is 0 Å². The predicted molar refractivity (Wildman–Crippen MR) is 81.7 cm³/mol. The lowest BCUT2D eigenvalue weighted by Gasteiger charge is -2.35. The number of nitrogens with zero attached hydrogens (tertiary/aromatic N) is 2. The second kappa shape index (κ2) is 6.86. The minimum atomic E-state index is -0.365. The zero-order valence-electron chi connectivity index (χ0n) is 13.0. The maximum absolute atomic E-state index is 12.8. The zero-order chi connectivity index (χ0) is 17.1. The Morgan fingerprint density at radius 2 is 1.88 bits per heavy atom. The third kappa shape index (κ3) is 3.47. The van der Waals surface area contributed by atoms with E-state index in [1.54, 1.807) is 4.90 Å². The Morgan fingerprint density at radius 1 is 1.21 bits per heavy atom. The van der Waals surface area contributed by atoms with Crippen molar-refractivity contribution in [3.63, 3.8) is 0 Å². The summed E-state index contributed by atoms with van der Waals surface area (Å²) >= 11 is 0. The first-order valence-corrected chi connectivity index (χ1v) is 7.80. The molecule has 1 aromatic carbocycles. The van der Waals surface area contributed by atoms with Gasteiger partial charge in [-0.25, -0.2) is 9.18 Å². The van der Waals surface area contributed by atoms with Gasteiger partial charge in [0.05, 0.1) is 6.54 Å². The van der Waals surface area contributed by atoms with Crippen molar-refractivity contribution in [3.05, 3.63) is 30.1 Å². The molecule has 2 aliphatic rings. The lowest BCUT2D eigenvalue weighted by atomic mass is 10.0. The molecule has 0 spiro atoms. The fourth-order valence-corrected chi connectivity index (χ4v) is 2.94. The van der Waals surface area contributed by atoms with Gasteiger partial charge in [-0.2, -0.15) is 0 Å². The second-order valence-electron chi connectivity index (χ2n) is 5.78. The van der Waals surface area contributed by atoms with Crippen molar-refractivity contribution < 1.29 is 23.5 Å².